The third-order valence-corrected chi connectivity index (χ3v) is 5.70. The zero-order chi connectivity index (χ0) is 13.1. The maximum absolute atomic E-state index is 12.4. The predicted octanol–water partition coefficient (Wildman–Crippen LogP) is 2.56. The summed E-state index contributed by atoms with van der Waals surface area (Å²) in [5, 5.41) is 3.41. The molecule has 2 heterocycles. The molecule has 3 rings (SSSR count). The zero-order valence-corrected chi connectivity index (χ0v) is 12.1. The number of nitrogens with one attached hydrogen (secondary N) is 1. The van der Waals surface area contributed by atoms with E-state index in [0.717, 1.165) is 32.6 Å². The van der Waals surface area contributed by atoms with Gasteiger partial charge in [-0.25, -0.2) is 0 Å². The van der Waals surface area contributed by atoms with Gasteiger partial charge in [0.1, 0.15) is 0 Å². The lowest BCUT2D eigenvalue weighted by Gasteiger charge is -2.40. The number of likely N-dealkylation sites (tertiary alicyclic amines) is 1. The molecule has 3 heteroatoms. The summed E-state index contributed by atoms with van der Waals surface area (Å²) in [4.78, 5) is 14.5. The summed E-state index contributed by atoms with van der Waals surface area (Å²) in [6, 6.07) is 0. The standard InChI is InChI=1S/C16H28N2O/c19-15(12-14-4-3-9-17-13-14)18-10-7-16(8-11-18)5-1-2-6-16/h14,17H,1-13H2. The summed E-state index contributed by atoms with van der Waals surface area (Å²) in [6.45, 7) is 4.23. The first kappa shape index (κ1) is 13.4. The Hall–Kier alpha value is -0.570. The molecule has 1 atom stereocenters. The minimum atomic E-state index is 0.418. The topological polar surface area (TPSA) is 32.3 Å². The highest BCUT2D eigenvalue weighted by Crippen LogP contribution is 2.46. The minimum Gasteiger partial charge on any atom is -0.343 e. The molecule has 0 bridgehead atoms. The van der Waals surface area contributed by atoms with Crippen LogP contribution in [0, 0.1) is 11.3 Å². The quantitative estimate of drug-likeness (QED) is 0.831. The predicted molar refractivity (Wildman–Crippen MR) is 76.9 cm³/mol. The van der Waals surface area contributed by atoms with Crippen LogP contribution in [0.5, 0.6) is 0 Å². The average Bonchev–Trinajstić information content (AvgIpc) is 2.89. The van der Waals surface area contributed by atoms with Gasteiger partial charge in [0.05, 0.1) is 0 Å². The third kappa shape index (κ3) is 3.13. The van der Waals surface area contributed by atoms with Gasteiger partial charge >= 0.3 is 0 Å². The van der Waals surface area contributed by atoms with Crippen molar-refractivity contribution < 1.29 is 4.79 Å². The average molecular weight is 264 g/mol. The Kier molecular flexibility index (Phi) is 4.11. The molecule has 3 aliphatic rings. The molecule has 1 unspecified atom stereocenters. The Balaban J connectivity index is 1.46. The Morgan fingerprint density at radius 1 is 1.11 bits per heavy atom. The molecule has 1 saturated carbocycles. The Morgan fingerprint density at radius 3 is 2.47 bits per heavy atom. The Morgan fingerprint density at radius 2 is 1.84 bits per heavy atom. The number of carbonyl (C=O) groups is 1. The van der Waals surface area contributed by atoms with Crippen molar-refractivity contribution in [3.05, 3.63) is 0 Å². The van der Waals surface area contributed by atoms with Gasteiger partial charge in [0.25, 0.3) is 0 Å². The number of rotatable bonds is 2. The van der Waals surface area contributed by atoms with Gasteiger partial charge in [0, 0.05) is 19.5 Å². The fraction of sp³-hybridized carbons (Fsp3) is 0.938. The molecule has 1 N–H and O–H groups in total. The van der Waals surface area contributed by atoms with E-state index in [1.165, 1.54) is 51.4 Å². The molecule has 108 valence electrons. The maximum Gasteiger partial charge on any atom is 0.222 e. The van der Waals surface area contributed by atoms with Crippen molar-refractivity contribution in [1.82, 2.24) is 10.2 Å². The smallest absolute Gasteiger partial charge is 0.222 e. The van der Waals surface area contributed by atoms with Crippen LogP contribution in [0.3, 0.4) is 0 Å². The van der Waals surface area contributed by atoms with Crippen LogP contribution < -0.4 is 5.32 Å². The van der Waals surface area contributed by atoms with Crippen molar-refractivity contribution in [3.63, 3.8) is 0 Å². The van der Waals surface area contributed by atoms with E-state index in [1.807, 2.05) is 0 Å². The first-order valence-electron chi connectivity index (χ1n) is 8.26. The molecule has 2 saturated heterocycles. The number of piperidine rings is 2. The zero-order valence-electron chi connectivity index (χ0n) is 12.1. The van der Waals surface area contributed by atoms with Gasteiger partial charge in [-0.3, -0.25) is 4.79 Å². The molecular weight excluding hydrogens is 236 g/mol. The molecule has 3 fully saturated rings. The SMILES string of the molecule is O=C(CC1CCCNC1)N1CCC2(CCCC2)CC1. The van der Waals surface area contributed by atoms with Gasteiger partial charge in [-0.15, -0.1) is 0 Å². The molecule has 0 aromatic carbocycles. The van der Waals surface area contributed by atoms with E-state index >= 15 is 0 Å². The van der Waals surface area contributed by atoms with E-state index in [9.17, 15) is 4.79 Å². The number of amides is 1. The lowest BCUT2D eigenvalue weighted by atomic mass is 9.77. The molecule has 1 aliphatic carbocycles. The second-order valence-corrected chi connectivity index (χ2v) is 7.00. The molecule has 2 aliphatic heterocycles. The van der Waals surface area contributed by atoms with Crippen LogP contribution in [0.1, 0.15) is 57.8 Å². The molecule has 0 aromatic heterocycles. The first-order chi connectivity index (χ1) is 9.27. The van der Waals surface area contributed by atoms with Gasteiger partial charge in [0.2, 0.25) is 5.91 Å². The molecular formula is C16H28N2O. The van der Waals surface area contributed by atoms with E-state index < -0.39 is 0 Å². The largest absolute Gasteiger partial charge is 0.343 e. The fourth-order valence-electron chi connectivity index (χ4n) is 4.33. The van der Waals surface area contributed by atoms with Crippen LogP contribution in [0.15, 0.2) is 0 Å². The van der Waals surface area contributed by atoms with Crippen molar-refractivity contribution >= 4 is 5.91 Å². The van der Waals surface area contributed by atoms with Crippen molar-refractivity contribution in [2.75, 3.05) is 26.2 Å². The Bertz CT molecular complexity index is 307. The summed E-state index contributed by atoms with van der Waals surface area (Å²) >= 11 is 0. The summed E-state index contributed by atoms with van der Waals surface area (Å²) in [5.41, 5.74) is 0.628. The highest BCUT2D eigenvalue weighted by Gasteiger charge is 2.38. The van der Waals surface area contributed by atoms with Crippen molar-refractivity contribution in [3.8, 4) is 0 Å². The fourth-order valence-corrected chi connectivity index (χ4v) is 4.33. The monoisotopic (exact) mass is 264 g/mol. The summed E-state index contributed by atoms with van der Waals surface area (Å²) in [7, 11) is 0. The summed E-state index contributed by atoms with van der Waals surface area (Å²) in [6.07, 6.45) is 11.5. The minimum absolute atomic E-state index is 0.418. The van der Waals surface area contributed by atoms with Crippen LogP contribution in [0.4, 0.5) is 0 Å². The van der Waals surface area contributed by atoms with E-state index in [0.29, 0.717) is 17.2 Å². The molecule has 1 spiro atoms. The summed E-state index contributed by atoms with van der Waals surface area (Å²) < 4.78 is 0. The molecule has 0 aromatic rings. The Labute approximate surface area is 117 Å². The second-order valence-electron chi connectivity index (χ2n) is 7.00. The number of hydrogen-bond acceptors (Lipinski definition) is 2. The first-order valence-corrected chi connectivity index (χ1v) is 8.26. The van der Waals surface area contributed by atoms with Crippen LogP contribution in [0.25, 0.3) is 0 Å². The molecule has 1 amide bonds. The van der Waals surface area contributed by atoms with E-state index in [2.05, 4.69) is 10.2 Å². The van der Waals surface area contributed by atoms with Crippen LogP contribution in [0.2, 0.25) is 0 Å². The van der Waals surface area contributed by atoms with Gasteiger partial charge in [-0.05, 0) is 62.9 Å². The lowest BCUT2D eigenvalue weighted by Crippen LogP contribution is -2.43. The second kappa shape index (κ2) is 5.82. The van der Waals surface area contributed by atoms with Gasteiger partial charge < -0.3 is 10.2 Å². The maximum atomic E-state index is 12.4. The van der Waals surface area contributed by atoms with Gasteiger partial charge in [0.15, 0.2) is 0 Å². The molecule has 3 nitrogen and oxygen atoms in total. The third-order valence-electron chi connectivity index (χ3n) is 5.70. The van der Waals surface area contributed by atoms with Crippen molar-refractivity contribution in [1.29, 1.82) is 0 Å². The van der Waals surface area contributed by atoms with E-state index in [4.69, 9.17) is 0 Å². The van der Waals surface area contributed by atoms with Crippen molar-refractivity contribution in [2.24, 2.45) is 11.3 Å². The van der Waals surface area contributed by atoms with E-state index in [-0.39, 0.29) is 0 Å². The van der Waals surface area contributed by atoms with Crippen LogP contribution in [-0.4, -0.2) is 37.0 Å². The van der Waals surface area contributed by atoms with Crippen LogP contribution in [-0.2, 0) is 4.79 Å². The highest BCUT2D eigenvalue weighted by molar-refractivity contribution is 5.76. The van der Waals surface area contributed by atoms with Gasteiger partial charge in [-0.1, -0.05) is 12.8 Å². The van der Waals surface area contributed by atoms with Gasteiger partial charge in [-0.2, -0.15) is 0 Å². The highest BCUT2D eigenvalue weighted by atomic mass is 16.2. The van der Waals surface area contributed by atoms with Crippen molar-refractivity contribution in [2.45, 2.75) is 57.8 Å². The molecule has 0 radical (unpaired) electrons. The normalized spacial score (nSPS) is 30.7. The van der Waals surface area contributed by atoms with E-state index in [1.54, 1.807) is 0 Å². The summed E-state index contributed by atoms with van der Waals surface area (Å²) in [5.74, 6) is 1.00. The number of nitrogens with zero attached hydrogens (tertiary/aromatic N) is 1. The lowest BCUT2D eigenvalue weighted by molar-refractivity contribution is -0.134. The molecule has 19 heavy (non-hydrogen) atoms. The number of hydrogen-bond donors (Lipinski definition) is 1. The number of carbonyl (C=O) groups excluding carboxylic acids is 1. The van der Waals surface area contributed by atoms with Crippen LogP contribution >= 0.6 is 0 Å².